The van der Waals surface area contributed by atoms with Gasteiger partial charge in [0, 0.05) is 12.3 Å². The van der Waals surface area contributed by atoms with Crippen molar-refractivity contribution < 1.29 is 9.90 Å². The standard InChI is InChI=1S/C13H16N2O2S/c1-10(18-7-3-6-16)13(17)15-12-5-2-4-11(8-12)9-14/h2,4-5,8,10,16H,3,6-7H2,1H3,(H,15,17). The molecule has 1 unspecified atom stereocenters. The van der Waals surface area contributed by atoms with E-state index in [0.717, 1.165) is 5.75 Å². The Morgan fingerprint density at radius 1 is 1.61 bits per heavy atom. The van der Waals surface area contributed by atoms with Gasteiger partial charge >= 0.3 is 0 Å². The summed E-state index contributed by atoms with van der Waals surface area (Å²) in [4.78, 5) is 11.8. The van der Waals surface area contributed by atoms with Crippen LogP contribution in [0.4, 0.5) is 5.69 Å². The van der Waals surface area contributed by atoms with Gasteiger partial charge in [0.2, 0.25) is 5.91 Å². The van der Waals surface area contributed by atoms with Crippen molar-refractivity contribution in [2.75, 3.05) is 17.7 Å². The molecule has 96 valence electrons. The number of aliphatic hydroxyl groups is 1. The molecule has 0 heterocycles. The van der Waals surface area contributed by atoms with E-state index in [2.05, 4.69) is 5.32 Å². The van der Waals surface area contributed by atoms with Crippen molar-refractivity contribution in [1.29, 1.82) is 5.26 Å². The predicted molar refractivity (Wildman–Crippen MR) is 73.4 cm³/mol. The van der Waals surface area contributed by atoms with E-state index in [0.29, 0.717) is 17.7 Å². The third kappa shape index (κ3) is 4.78. The fourth-order valence-corrected chi connectivity index (χ4v) is 2.17. The molecule has 0 saturated carbocycles. The van der Waals surface area contributed by atoms with Crippen LogP contribution < -0.4 is 5.32 Å². The predicted octanol–water partition coefficient (Wildman–Crippen LogP) is 2.00. The summed E-state index contributed by atoms with van der Waals surface area (Å²) < 4.78 is 0. The number of aliphatic hydroxyl groups excluding tert-OH is 1. The zero-order chi connectivity index (χ0) is 13.4. The maximum atomic E-state index is 11.8. The number of amides is 1. The molecule has 0 bridgehead atoms. The smallest absolute Gasteiger partial charge is 0.237 e. The van der Waals surface area contributed by atoms with Crippen molar-refractivity contribution >= 4 is 23.4 Å². The number of carbonyl (C=O) groups excluding carboxylic acids is 1. The van der Waals surface area contributed by atoms with Crippen LogP contribution in [0.5, 0.6) is 0 Å². The summed E-state index contributed by atoms with van der Waals surface area (Å²) >= 11 is 1.50. The van der Waals surface area contributed by atoms with Gasteiger partial charge in [-0.1, -0.05) is 6.07 Å². The molecule has 0 saturated heterocycles. The lowest BCUT2D eigenvalue weighted by molar-refractivity contribution is -0.115. The number of nitriles is 1. The largest absolute Gasteiger partial charge is 0.396 e. The van der Waals surface area contributed by atoms with Crippen LogP contribution >= 0.6 is 11.8 Å². The number of hydrogen-bond acceptors (Lipinski definition) is 4. The Kier molecular flexibility index (Phi) is 6.26. The molecular formula is C13H16N2O2S. The monoisotopic (exact) mass is 264 g/mol. The molecule has 5 heteroatoms. The van der Waals surface area contributed by atoms with E-state index in [9.17, 15) is 4.79 Å². The normalized spacial score (nSPS) is 11.6. The van der Waals surface area contributed by atoms with Gasteiger partial charge in [0.25, 0.3) is 0 Å². The summed E-state index contributed by atoms with van der Waals surface area (Å²) in [6.45, 7) is 1.97. The number of thioether (sulfide) groups is 1. The van der Waals surface area contributed by atoms with Crippen molar-refractivity contribution in [2.45, 2.75) is 18.6 Å². The highest BCUT2D eigenvalue weighted by atomic mass is 32.2. The topological polar surface area (TPSA) is 73.1 Å². The third-order valence-corrected chi connectivity index (χ3v) is 3.54. The fourth-order valence-electron chi connectivity index (χ4n) is 1.31. The molecule has 18 heavy (non-hydrogen) atoms. The van der Waals surface area contributed by atoms with Crippen LogP contribution in [0, 0.1) is 11.3 Å². The van der Waals surface area contributed by atoms with E-state index in [1.54, 1.807) is 24.3 Å². The second kappa shape index (κ2) is 7.75. The molecule has 1 atom stereocenters. The summed E-state index contributed by atoms with van der Waals surface area (Å²) in [7, 11) is 0. The number of anilines is 1. The third-order valence-electron chi connectivity index (χ3n) is 2.30. The Morgan fingerprint density at radius 2 is 2.39 bits per heavy atom. The van der Waals surface area contributed by atoms with Crippen LogP contribution in [0.2, 0.25) is 0 Å². The van der Waals surface area contributed by atoms with Crippen molar-refractivity contribution in [1.82, 2.24) is 0 Å². The molecule has 1 aromatic carbocycles. The van der Waals surface area contributed by atoms with E-state index in [1.807, 2.05) is 13.0 Å². The summed E-state index contributed by atoms with van der Waals surface area (Å²) in [6.07, 6.45) is 0.687. The van der Waals surface area contributed by atoms with Crippen molar-refractivity contribution in [3.8, 4) is 6.07 Å². The Hall–Kier alpha value is -1.51. The van der Waals surface area contributed by atoms with E-state index >= 15 is 0 Å². The summed E-state index contributed by atoms with van der Waals surface area (Å²) in [5, 5.41) is 20.0. The van der Waals surface area contributed by atoms with Crippen LogP contribution in [0.15, 0.2) is 24.3 Å². The second-order valence-corrected chi connectivity index (χ2v) is 5.22. The Balaban J connectivity index is 2.50. The molecule has 0 radical (unpaired) electrons. The van der Waals surface area contributed by atoms with Gasteiger partial charge in [-0.2, -0.15) is 5.26 Å². The van der Waals surface area contributed by atoms with Crippen molar-refractivity contribution in [2.24, 2.45) is 0 Å². The van der Waals surface area contributed by atoms with Gasteiger partial charge in [-0.15, -0.1) is 11.8 Å². The minimum absolute atomic E-state index is 0.0898. The first-order valence-electron chi connectivity index (χ1n) is 5.71. The van der Waals surface area contributed by atoms with Gasteiger partial charge in [-0.3, -0.25) is 4.79 Å². The average Bonchev–Trinajstić information content (AvgIpc) is 2.39. The molecule has 4 nitrogen and oxygen atoms in total. The first-order chi connectivity index (χ1) is 8.67. The molecule has 1 aromatic rings. The molecule has 0 spiro atoms. The van der Waals surface area contributed by atoms with Gasteiger partial charge < -0.3 is 10.4 Å². The molecule has 1 amide bonds. The minimum Gasteiger partial charge on any atom is -0.396 e. The van der Waals surface area contributed by atoms with Crippen LogP contribution in [-0.4, -0.2) is 28.6 Å². The van der Waals surface area contributed by atoms with Crippen LogP contribution in [0.3, 0.4) is 0 Å². The second-order valence-electron chi connectivity index (χ2n) is 3.77. The molecule has 1 rings (SSSR count). The van der Waals surface area contributed by atoms with Crippen LogP contribution in [0.1, 0.15) is 18.9 Å². The first kappa shape index (κ1) is 14.6. The van der Waals surface area contributed by atoms with Crippen LogP contribution in [0.25, 0.3) is 0 Å². The molecule has 0 aromatic heterocycles. The van der Waals surface area contributed by atoms with Gasteiger partial charge in [0.15, 0.2) is 0 Å². The summed E-state index contributed by atoms with van der Waals surface area (Å²) in [5.41, 5.74) is 1.15. The number of benzene rings is 1. The highest BCUT2D eigenvalue weighted by Gasteiger charge is 2.13. The van der Waals surface area contributed by atoms with Gasteiger partial charge in [-0.25, -0.2) is 0 Å². The Morgan fingerprint density at radius 3 is 3.06 bits per heavy atom. The summed E-state index contributed by atoms with van der Waals surface area (Å²) in [5.74, 6) is 0.664. The number of nitrogens with zero attached hydrogens (tertiary/aromatic N) is 1. The van der Waals surface area contributed by atoms with E-state index in [4.69, 9.17) is 10.4 Å². The quantitative estimate of drug-likeness (QED) is 0.771. The minimum atomic E-state index is -0.178. The fraction of sp³-hybridized carbons (Fsp3) is 0.385. The number of rotatable bonds is 6. The molecule has 0 aliphatic rings. The van der Waals surface area contributed by atoms with E-state index in [1.165, 1.54) is 11.8 Å². The molecule has 2 N–H and O–H groups in total. The lowest BCUT2D eigenvalue weighted by Crippen LogP contribution is -2.22. The van der Waals surface area contributed by atoms with E-state index < -0.39 is 0 Å². The van der Waals surface area contributed by atoms with Gasteiger partial charge in [-0.05, 0) is 37.3 Å². The van der Waals surface area contributed by atoms with Gasteiger partial charge in [0.05, 0.1) is 16.9 Å². The molecular weight excluding hydrogens is 248 g/mol. The van der Waals surface area contributed by atoms with E-state index in [-0.39, 0.29) is 17.8 Å². The van der Waals surface area contributed by atoms with Crippen molar-refractivity contribution in [3.63, 3.8) is 0 Å². The average molecular weight is 264 g/mol. The molecule has 0 aliphatic carbocycles. The number of nitrogens with one attached hydrogen (secondary N) is 1. The highest BCUT2D eigenvalue weighted by molar-refractivity contribution is 8.00. The SMILES string of the molecule is CC(SCCCO)C(=O)Nc1cccc(C#N)c1. The zero-order valence-electron chi connectivity index (χ0n) is 10.2. The molecule has 0 fully saturated rings. The Bertz CT molecular complexity index is 443. The first-order valence-corrected chi connectivity index (χ1v) is 6.75. The number of hydrogen-bond donors (Lipinski definition) is 2. The molecule has 0 aliphatic heterocycles. The lowest BCUT2D eigenvalue weighted by atomic mass is 10.2. The Labute approximate surface area is 111 Å². The van der Waals surface area contributed by atoms with Crippen LogP contribution in [-0.2, 0) is 4.79 Å². The maximum Gasteiger partial charge on any atom is 0.237 e. The number of carbonyl (C=O) groups is 1. The highest BCUT2D eigenvalue weighted by Crippen LogP contribution is 2.15. The summed E-state index contributed by atoms with van der Waals surface area (Å²) in [6, 6.07) is 8.85. The lowest BCUT2D eigenvalue weighted by Gasteiger charge is -2.11. The van der Waals surface area contributed by atoms with Crippen molar-refractivity contribution in [3.05, 3.63) is 29.8 Å². The zero-order valence-corrected chi connectivity index (χ0v) is 11.0. The maximum absolute atomic E-state index is 11.8. The van der Waals surface area contributed by atoms with Gasteiger partial charge in [0.1, 0.15) is 0 Å².